The van der Waals surface area contributed by atoms with Crippen molar-refractivity contribution in [1.29, 1.82) is 0 Å². The van der Waals surface area contributed by atoms with Gasteiger partial charge in [-0.1, -0.05) is 23.2 Å². The molecule has 11 nitrogen and oxygen atoms in total. The summed E-state index contributed by atoms with van der Waals surface area (Å²) in [4.78, 5) is 32.8. The van der Waals surface area contributed by atoms with Crippen molar-refractivity contribution in [3.8, 4) is 0 Å². The van der Waals surface area contributed by atoms with Crippen LogP contribution in [-0.4, -0.2) is 55.1 Å². The van der Waals surface area contributed by atoms with Gasteiger partial charge in [-0.15, -0.1) is 0 Å². The summed E-state index contributed by atoms with van der Waals surface area (Å²) in [5.41, 5.74) is 4.05. The Morgan fingerprint density at radius 3 is 2.73 bits per heavy atom. The molecule has 3 heterocycles. The highest BCUT2D eigenvalue weighted by molar-refractivity contribution is 9.10. The van der Waals surface area contributed by atoms with Crippen LogP contribution >= 0.6 is 39.1 Å². The van der Waals surface area contributed by atoms with Crippen LogP contribution in [0.2, 0.25) is 10.0 Å². The van der Waals surface area contributed by atoms with Gasteiger partial charge in [-0.25, -0.2) is 0 Å². The molecule has 1 fully saturated rings. The van der Waals surface area contributed by atoms with Crippen molar-refractivity contribution in [3.63, 3.8) is 0 Å². The first-order chi connectivity index (χ1) is 19.6. The van der Waals surface area contributed by atoms with Gasteiger partial charge in [0.2, 0.25) is 0 Å². The molecule has 216 valence electrons. The standard InChI is InChI=1S/C26H25BrCl2N6O5S/c1-13(14-4-5-14)32-26(37)18-8-16(28)9-20(27)22(18)33-25(36)15-7-17(40-41(38)39)12-35(11-15)24-19(10-31-34-24)23-21(29)3-2-6-30-23/h2-3,6-9,12-14,19,31,41H,4-5,10-11H2,1H3,(H,32,37)(H,33,36). The van der Waals surface area contributed by atoms with E-state index in [0.717, 1.165) is 12.8 Å². The number of amidine groups is 1. The molecule has 2 amide bonds. The molecule has 0 bridgehead atoms. The molecule has 0 radical (unpaired) electrons. The summed E-state index contributed by atoms with van der Waals surface area (Å²) in [5, 5.41) is 10.9. The van der Waals surface area contributed by atoms with Gasteiger partial charge in [0.25, 0.3) is 22.8 Å². The third kappa shape index (κ3) is 6.85. The van der Waals surface area contributed by atoms with Gasteiger partial charge in [-0.3, -0.25) is 14.6 Å². The maximum atomic E-state index is 13.6. The number of aromatic nitrogens is 1. The molecule has 3 N–H and O–H groups in total. The minimum Gasteiger partial charge on any atom is -0.383 e. The topological polar surface area (TPSA) is 142 Å². The molecule has 15 heteroatoms. The molecule has 1 saturated carbocycles. The van der Waals surface area contributed by atoms with E-state index in [0.29, 0.717) is 38.5 Å². The molecule has 2 atom stereocenters. The van der Waals surface area contributed by atoms with Crippen LogP contribution in [-0.2, 0) is 20.0 Å². The highest BCUT2D eigenvalue weighted by Crippen LogP contribution is 2.35. The van der Waals surface area contributed by atoms with Crippen molar-refractivity contribution < 1.29 is 22.2 Å². The Morgan fingerprint density at radius 2 is 2.02 bits per heavy atom. The highest BCUT2D eigenvalue weighted by atomic mass is 79.9. The van der Waals surface area contributed by atoms with Crippen LogP contribution in [0.3, 0.4) is 0 Å². The van der Waals surface area contributed by atoms with Gasteiger partial charge in [0.15, 0.2) is 5.76 Å². The number of allylic oxidation sites excluding steroid dienone is 1. The van der Waals surface area contributed by atoms with Gasteiger partial charge >= 0.3 is 0 Å². The number of amides is 2. The predicted octanol–water partition coefficient (Wildman–Crippen LogP) is 3.94. The fourth-order valence-electron chi connectivity index (χ4n) is 4.65. The lowest BCUT2D eigenvalue weighted by Crippen LogP contribution is -2.37. The third-order valence-corrected chi connectivity index (χ3v) is 8.37. The van der Waals surface area contributed by atoms with Crippen LogP contribution in [0.5, 0.6) is 0 Å². The van der Waals surface area contributed by atoms with Gasteiger partial charge < -0.3 is 25.1 Å². The van der Waals surface area contributed by atoms with Crippen molar-refractivity contribution in [3.05, 3.63) is 79.8 Å². The molecule has 0 spiro atoms. The highest BCUT2D eigenvalue weighted by Gasteiger charge is 2.34. The van der Waals surface area contributed by atoms with Crippen LogP contribution in [0.25, 0.3) is 0 Å². The minimum atomic E-state index is -3.27. The number of benzene rings is 1. The number of nitrogens with one attached hydrogen (secondary N) is 3. The van der Waals surface area contributed by atoms with E-state index in [9.17, 15) is 18.0 Å². The van der Waals surface area contributed by atoms with Gasteiger partial charge in [-0.05, 0) is 72.0 Å². The first-order valence-electron chi connectivity index (χ1n) is 12.6. The smallest absolute Gasteiger partial charge is 0.299 e. The normalized spacial score (nSPS) is 19.1. The molecular formula is C26H25BrCl2N6O5S. The van der Waals surface area contributed by atoms with E-state index < -0.39 is 16.9 Å². The summed E-state index contributed by atoms with van der Waals surface area (Å²) in [6.45, 7) is 2.35. The van der Waals surface area contributed by atoms with Crippen molar-refractivity contribution in [2.24, 2.45) is 11.0 Å². The number of rotatable bonds is 8. The van der Waals surface area contributed by atoms with E-state index in [1.807, 2.05) is 6.92 Å². The van der Waals surface area contributed by atoms with Crippen LogP contribution in [0.4, 0.5) is 5.69 Å². The Balaban J connectivity index is 1.42. The predicted molar refractivity (Wildman–Crippen MR) is 159 cm³/mol. The Kier molecular flexibility index (Phi) is 8.88. The fraction of sp³-hybridized carbons (Fsp3) is 0.308. The monoisotopic (exact) mass is 682 g/mol. The van der Waals surface area contributed by atoms with Crippen molar-refractivity contribution in [2.45, 2.75) is 31.7 Å². The number of halogens is 3. The molecule has 2 unspecified atom stereocenters. The third-order valence-electron chi connectivity index (χ3n) is 6.85. The van der Waals surface area contributed by atoms with Crippen molar-refractivity contribution in [1.82, 2.24) is 20.6 Å². The number of hydrazone groups is 1. The molecule has 3 aliphatic rings. The summed E-state index contributed by atoms with van der Waals surface area (Å²) in [6.07, 6.45) is 6.48. The maximum Gasteiger partial charge on any atom is 0.299 e. The minimum absolute atomic E-state index is 0.0151. The van der Waals surface area contributed by atoms with Gasteiger partial charge in [0, 0.05) is 40.1 Å². The number of pyridine rings is 1. The molecular weight excluding hydrogens is 659 g/mol. The van der Waals surface area contributed by atoms with E-state index in [4.69, 9.17) is 27.4 Å². The largest absolute Gasteiger partial charge is 0.383 e. The summed E-state index contributed by atoms with van der Waals surface area (Å²) in [6, 6.07) is 6.44. The van der Waals surface area contributed by atoms with Crippen LogP contribution in [0.1, 0.15) is 41.7 Å². The molecule has 41 heavy (non-hydrogen) atoms. The van der Waals surface area contributed by atoms with Crippen LogP contribution < -0.4 is 16.1 Å². The van der Waals surface area contributed by atoms with Crippen LogP contribution in [0.15, 0.2) is 63.6 Å². The first-order valence-corrected chi connectivity index (χ1v) is 15.3. The van der Waals surface area contributed by atoms with E-state index in [-0.39, 0.29) is 47.0 Å². The number of anilines is 1. The zero-order chi connectivity index (χ0) is 29.3. The van der Waals surface area contributed by atoms with E-state index in [2.05, 4.69) is 42.1 Å². The molecule has 2 aromatic rings. The summed E-state index contributed by atoms with van der Waals surface area (Å²) < 4.78 is 28.2. The van der Waals surface area contributed by atoms with E-state index in [1.54, 1.807) is 29.3 Å². The van der Waals surface area contributed by atoms with Crippen LogP contribution in [0, 0.1) is 5.92 Å². The Labute approximate surface area is 256 Å². The van der Waals surface area contributed by atoms with Gasteiger partial charge in [-0.2, -0.15) is 13.5 Å². The SMILES string of the molecule is CC(NC(=O)c1cc(Cl)cc(Br)c1NC(=O)C1=CC(O[SH](=O)=O)=CN(C2=NNCC2c2ncccc2Cl)C1)C1CC1. The Bertz CT molecular complexity index is 1570. The van der Waals surface area contributed by atoms with Crippen molar-refractivity contribution >= 4 is 73.5 Å². The number of carbonyl (C=O) groups excluding carboxylic acids is 2. The molecule has 0 saturated heterocycles. The quantitative estimate of drug-likeness (QED) is 0.307. The Hall–Kier alpha value is -3.13. The van der Waals surface area contributed by atoms with E-state index in [1.165, 1.54) is 18.3 Å². The second-order valence-corrected chi connectivity index (χ2v) is 12.1. The summed E-state index contributed by atoms with van der Waals surface area (Å²) in [5.74, 6) is -0.544. The molecule has 1 aliphatic carbocycles. The van der Waals surface area contributed by atoms with E-state index >= 15 is 0 Å². The second kappa shape index (κ2) is 12.4. The average Bonchev–Trinajstić information content (AvgIpc) is 3.66. The maximum absolute atomic E-state index is 13.6. The lowest BCUT2D eigenvalue weighted by atomic mass is 10.0. The van der Waals surface area contributed by atoms with Gasteiger partial charge in [0.1, 0.15) is 5.84 Å². The number of nitrogens with zero attached hydrogens (tertiary/aromatic N) is 3. The molecule has 1 aromatic heterocycles. The van der Waals surface area contributed by atoms with Crippen molar-refractivity contribution in [2.75, 3.05) is 18.4 Å². The molecule has 1 aromatic carbocycles. The fourth-order valence-corrected chi connectivity index (χ4v) is 6.09. The zero-order valence-electron chi connectivity index (χ0n) is 21.6. The average molecular weight is 684 g/mol. The summed E-state index contributed by atoms with van der Waals surface area (Å²) >= 11 is 16.0. The Morgan fingerprint density at radius 1 is 1.24 bits per heavy atom. The first kappa shape index (κ1) is 29.4. The lowest BCUT2D eigenvalue weighted by Gasteiger charge is -2.28. The zero-order valence-corrected chi connectivity index (χ0v) is 25.6. The number of hydrogen-bond donors (Lipinski definition) is 4. The molecule has 2 aliphatic heterocycles. The molecule has 5 rings (SSSR count). The lowest BCUT2D eigenvalue weighted by molar-refractivity contribution is -0.113. The summed E-state index contributed by atoms with van der Waals surface area (Å²) in [7, 11) is -3.27. The van der Waals surface area contributed by atoms with Gasteiger partial charge in [0.05, 0.1) is 34.4 Å². The number of carbonyl (C=O) groups is 2. The number of hydrogen-bond acceptors (Lipinski definition) is 9. The number of thiol groups is 1. The second-order valence-electron chi connectivity index (χ2n) is 9.76.